The van der Waals surface area contributed by atoms with Crippen LogP contribution in [0.15, 0.2) is 42.6 Å². The number of aromatic nitrogens is 1. The minimum Gasteiger partial charge on any atom is -0.389 e. The van der Waals surface area contributed by atoms with E-state index >= 15 is 0 Å². The molecule has 0 spiro atoms. The molecule has 4 N–H and O–H groups in total. The number of piperidine rings is 2. The third-order valence-corrected chi connectivity index (χ3v) is 9.54. The summed E-state index contributed by atoms with van der Waals surface area (Å²) < 4.78 is 32.6. The number of fused-ring (bicyclic) bond motifs is 1. The molecule has 0 bridgehead atoms. The van der Waals surface area contributed by atoms with Crippen molar-refractivity contribution in [2.75, 3.05) is 69.2 Å². The number of rotatable bonds is 6. The SMILES string of the molecule is OC(CN1CCC(c2c[nH]c3ccc(N4CCOCC4)cc23)CC1)C1(O)CCN(C(=S)Nc2cc(F)cc(F)c2)CC1. The molecule has 42 heavy (non-hydrogen) atoms. The first-order valence-electron chi connectivity index (χ1n) is 14.9. The predicted octanol–water partition coefficient (Wildman–Crippen LogP) is 4.05. The lowest BCUT2D eigenvalue weighted by atomic mass is 9.84. The van der Waals surface area contributed by atoms with Crippen molar-refractivity contribution in [3.05, 3.63) is 59.8 Å². The van der Waals surface area contributed by atoms with Crippen LogP contribution in [0, 0.1) is 11.6 Å². The first-order valence-corrected chi connectivity index (χ1v) is 15.3. The zero-order valence-corrected chi connectivity index (χ0v) is 24.5. The summed E-state index contributed by atoms with van der Waals surface area (Å²) >= 11 is 5.44. The number of likely N-dealkylation sites (tertiary alicyclic amines) is 2. The van der Waals surface area contributed by atoms with Gasteiger partial charge in [-0.15, -0.1) is 0 Å². The molecular formula is C31H39F2N5O3S. The average Bonchev–Trinajstić information content (AvgIpc) is 3.41. The van der Waals surface area contributed by atoms with Crippen LogP contribution in [0.5, 0.6) is 0 Å². The van der Waals surface area contributed by atoms with Crippen LogP contribution in [0.4, 0.5) is 20.2 Å². The molecule has 3 aliphatic heterocycles. The number of morpholine rings is 1. The zero-order chi connectivity index (χ0) is 29.3. The zero-order valence-electron chi connectivity index (χ0n) is 23.7. The number of hydrogen-bond acceptors (Lipinski definition) is 6. The largest absolute Gasteiger partial charge is 0.389 e. The Morgan fingerprint density at radius 2 is 1.71 bits per heavy atom. The number of H-pyrrole nitrogens is 1. The Labute approximate surface area is 250 Å². The first kappa shape index (κ1) is 29.3. The maximum atomic E-state index is 13.5. The van der Waals surface area contributed by atoms with Crippen molar-refractivity contribution in [2.24, 2.45) is 0 Å². The summed E-state index contributed by atoms with van der Waals surface area (Å²) in [5.41, 5.74) is 2.79. The van der Waals surface area contributed by atoms with Crippen LogP contribution in [0.2, 0.25) is 0 Å². The maximum absolute atomic E-state index is 13.5. The number of aliphatic hydroxyl groups is 2. The Kier molecular flexibility index (Phi) is 8.65. The van der Waals surface area contributed by atoms with E-state index in [1.165, 1.54) is 28.8 Å². The van der Waals surface area contributed by atoms with Crippen molar-refractivity contribution in [3.63, 3.8) is 0 Å². The Morgan fingerprint density at radius 3 is 2.40 bits per heavy atom. The summed E-state index contributed by atoms with van der Waals surface area (Å²) in [6.07, 6.45) is 3.97. The van der Waals surface area contributed by atoms with Crippen molar-refractivity contribution >= 4 is 39.6 Å². The van der Waals surface area contributed by atoms with E-state index in [0.717, 1.165) is 63.8 Å². The second-order valence-corrected chi connectivity index (χ2v) is 12.2. The summed E-state index contributed by atoms with van der Waals surface area (Å²) in [4.78, 5) is 9.95. The van der Waals surface area contributed by atoms with Gasteiger partial charge in [-0.25, -0.2) is 8.78 Å². The maximum Gasteiger partial charge on any atom is 0.173 e. The van der Waals surface area contributed by atoms with Gasteiger partial charge in [0.2, 0.25) is 0 Å². The molecule has 0 saturated carbocycles. The number of thiocarbonyl (C=S) groups is 1. The third kappa shape index (κ3) is 6.40. The molecule has 11 heteroatoms. The molecule has 0 aliphatic carbocycles. The molecule has 3 aromatic rings. The number of nitrogens with zero attached hydrogens (tertiary/aromatic N) is 3. The number of halogens is 2. The lowest BCUT2D eigenvalue weighted by molar-refractivity contribution is -0.112. The second-order valence-electron chi connectivity index (χ2n) is 11.8. The molecule has 0 radical (unpaired) electrons. The van der Waals surface area contributed by atoms with E-state index in [2.05, 4.69) is 44.5 Å². The van der Waals surface area contributed by atoms with Gasteiger partial charge in [0.1, 0.15) is 11.6 Å². The lowest BCUT2D eigenvalue weighted by Crippen LogP contribution is -2.56. The van der Waals surface area contributed by atoms with Crippen molar-refractivity contribution in [3.8, 4) is 0 Å². The lowest BCUT2D eigenvalue weighted by Gasteiger charge is -2.43. The van der Waals surface area contributed by atoms with E-state index in [9.17, 15) is 19.0 Å². The summed E-state index contributed by atoms with van der Waals surface area (Å²) in [5.74, 6) is -0.918. The molecule has 3 aliphatic rings. The van der Waals surface area contributed by atoms with E-state index in [1.54, 1.807) is 0 Å². The molecule has 3 fully saturated rings. The molecule has 1 atom stereocenters. The monoisotopic (exact) mass is 599 g/mol. The van der Waals surface area contributed by atoms with Crippen LogP contribution in [0.3, 0.4) is 0 Å². The summed E-state index contributed by atoms with van der Waals surface area (Å²) in [6, 6.07) is 9.84. The Morgan fingerprint density at radius 1 is 1.02 bits per heavy atom. The quantitative estimate of drug-likeness (QED) is 0.316. The normalized spacial score (nSPS) is 21.0. The predicted molar refractivity (Wildman–Crippen MR) is 164 cm³/mol. The molecule has 6 rings (SSSR count). The van der Waals surface area contributed by atoms with Crippen LogP contribution >= 0.6 is 12.2 Å². The number of ether oxygens (including phenoxy) is 1. The van der Waals surface area contributed by atoms with Crippen LogP contribution < -0.4 is 10.2 Å². The Bertz CT molecular complexity index is 1380. The third-order valence-electron chi connectivity index (χ3n) is 9.18. The number of benzene rings is 2. The minimum atomic E-state index is -1.21. The van der Waals surface area contributed by atoms with Crippen molar-refractivity contribution in [1.29, 1.82) is 0 Å². The van der Waals surface area contributed by atoms with Gasteiger partial charge in [-0.2, -0.15) is 0 Å². The Balaban J connectivity index is 1.00. The highest BCUT2D eigenvalue weighted by atomic mass is 32.1. The standard InChI is InChI=1S/C31H39F2N5O3S/c32-22-15-23(33)17-24(16-22)35-30(42)38-9-5-31(40,6-10-38)29(39)20-36-7-3-21(4-8-36)27-19-34-28-2-1-25(18-26(27)28)37-11-13-41-14-12-37/h1-2,15-19,21,29,34,39-40H,3-14,20H2,(H,35,42). The van der Waals surface area contributed by atoms with Crippen molar-refractivity contribution in [2.45, 2.75) is 43.3 Å². The van der Waals surface area contributed by atoms with Crippen LogP contribution in [0.1, 0.15) is 37.2 Å². The average molecular weight is 600 g/mol. The van der Waals surface area contributed by atoms with Gasteiger partial charge in [-0.3, -0.25) is 0 Å². The number of β-amino-alcohol motifs (C(OH)–C–C–N with tert-alkyl or cyclic N) is 1. The fraction of sp³-hybridized carbons (Fsp3) is 0.516. The summed E-state index contributed by atoms with van der Waals surface area (Å²) in [7, 11) is 0. The van der Waals surface area contributed by atoms with Gasteiger partial charge in [0.25, 0.3) is 0 Å². The number of aromatic amines is 1. The molecule has 226 valence electrons. The van der Waals surface area contributed by atoms with Crippen molar-refractivity contribution in [1.82, 2.24) is 14.8 Å². The van der Waals surface area contributed by atoms with E-state index in [4.69, 9.17) is 17.0 Å². The van der Waals surface area contributed by atoms with Crippen molar-refractivity contribution < 1.29 is 23.7 Å². The topological polar surface area (TPSA) is 87.2 Å². The van der Waals surface area contributed by atoms with Gasteiger partial charge < -0.3 is 40.0 Å². The molecule has 3 saturated heterocycles. The minimum absolute atomic E-state index is 0.243. The Hall–Kier alpha value is -2.83. The fourth-order valence-corrected chi connectivity index (χ4v) is 6.89. The van der Waals surface area contributed by atoms with E-state index in [-0.39, 0.29) is 5.69 Å². The molecule has 1 aromatic heterocycles. The highest BCUT2D eigenvalue weighted by Gasteiger charge is 2.40. The van der Waals surface area contributed by atoms with E-state index in [0.29, 0.717) is 43.5 Å². The summed E-state index contributed by atoms with van der Waals surface area (Å²) in [6.45, 7) is 6.36. The molecule has 1 unspecified atom stereocenters. The highest BCUT2D eigenvalue weighted by molar-refractivity contribution is 7.80. The van der Waals surface area contributed by atoms with E-state index in [1.807, 2.05) is 4.90 Å². The summed E-state index contributed by atoms with van der Waals surface area (Å²) in [5, 5.41) is 26.9. The van der Waals surface area contributed by atoms with Crippen LogP contribution in [0.25, 0.3) is 10.9 Å². The molecule has 0 amide bonds. The molecular weight excluding hydrogens is 560 g/mol. The van der Waals surface area contributed by atoms with Gasteiger partial charge >= 0.3 is 0 Å². The van der Waals surface area contributed by atoms with Gasteiger partial charge in [0.15, 0.2) is 5.11 Å². The fourth-order valence-electron chi connectivity index (χ4n) is 6.59. The molecule has 8 nitrogen and oxygen atoms in total. The molecule has 4 heterocycles. The van der Waals surface area contributed by atoms with Gasteiger partial charge in [-0.1, -0.05) is 0 Å². The number of anilines is 2. The smallest absolute Gasteiger partial charge is 0.173 e. The highest BCUT2D eigenvalue weighted by Crippen LogP contribution is 2.36. The second kappa shape index (κ2) is 12.4. The van der Waals surface area contributed by atoms with Gasteiger partial charge in [-0.05, 0) is 92.8 Å². The number of hydrogen-bond donors (Lipinski definition) is 4. The van der Waals surface area contributed by atoms with Crippen LogP contribution in [-0.4, -0.2) is 101 Å². The van der Waals surface area contributed by atoms with Gasteiger partial charge in [0.05, 0.1) is 24.9 Å². The first-order chi connectivity index (χ1) is 20.3. The van der Waals surface area contributed by atoms with E-state index < -0.39 is 23.3 Å². The van der Waals surface area contributed by atoms with Crippen LogP contribution in [-0.2, 0) is 4.74 Å². The molecule has 2 aromatic carbocycles. The van der Waals surface area contributed by atoms with Gasteiger partial charge in [0, 0.05) is 67.3 Å². The number of aliphatic hydroxyl groups excluding tert-OH is 1. The number of nitrogens with one attached hydrogen (secondary N) is 2.